The predicted octanol–water partition coefficient (Wildman–Crippen LogP) is 5.13. The molecule has 2 aromatic heterocycles. The number of hydrogen-bond donors (Lipinski definition) is 1. The van der Waals surface area contributed by atoms with E-state index in [0.717, 1.165) is 54.4 Å². The highest BCUT2D eigenvalue weighted by Crippen LogP contribution is 2.32. The van der Waals surface area contributed by atoms with Gasteiger partial charge < -0.3 is 0 Å². The molecule has 1 aliphatic rings. The van der Waals surface area contributed by atoms with Crippen LogP contribution in [-0.2, 0) is 6.54 Å². The van der Waals surface area contributed by atoms with Crippen LogP contribution in [0.15, 0.2) is 67.0 Å². The number of hydrogen-bond acceptors (Lipinski definition) is 6. The normalized spacial score (nSPS) is 18.2. The molecule has 1 saturated carbocycles. The van der Waals surface area contributed by atoms with E-state index in [9.17, 15) is 4.79 Å². The molecule has 2 heterocycles. The van der Waals surface area contributed by atoms with Gasteiger partial charge >= 0.3 is 0 Å². The lowest BCUT2D eigenvalue weighted by Crippen LogP contribution is -2.23. The molecule has 1 fully saturated rings. The van der Waals surface area contributed by atoms with Crippen LogP contribution < -0.4 is 0 Å². The largest absolute Gasteiger partial charge is 0.290 e. The van der Waals surface area contributed by atoms with E-state index in [-0.39, 0.29) is 11.7 Å². The minimum Gasteiger partial charge on any atom is -0.290 e. The maximum Gasteiger partial charge on any atom is 0.217 e. The molecule has 0 saturated heterocycles. The molecule has 2 atom stereocenters. The molecule has 8 heteroatoms. The number of ketones is 1. The van der Waals surface area contributed by atoms with E-state index in [0.29, 0.717) is 24.1 Å². The zero-order valence-corrected chi connectivity index (χ0v) is 19.8. The summed E-state index contributed by atoms with van der Waals surface area (Å²) >= 11 is 0. The van der Waals surface area contributed by atoms with E-state index in [1.54, 1.807) is 11.0 Å². The molecule has 2 aromatic carbocycles. The molecule has 1 N–H and O–H groups in total. The third-order valence-electron chi connectivity index (χ3n) is 6.61. The average Bonchev–Trinajstić information content (AvgIpc) is 3.61. The van der Waals surface area contributed by atoms with Crippen LogP contribution in [0.2, 0.25) is 0 Å². The molecular weight excluding hydrogens is 438 g/mol. The molecule has 2 unspecified atom stereocenters. The van der Waals surface area contributed by atoms with Crippen LogP contribution in [-0.4, -0.2) is 41.2 Å². The summed E-state index contributed by atoms with van der Waals surface area (Å²) in [6.07, 6.45) is 11.2. The summed E-state index contributed by atoms with van der Waals surface area (Å²) < 4.78 is 1.74. The van der Waals surface area contributed by atoms with Crippen LogP contribution >= 0.6 is 0 Å². The number of H-pyrrole nitrogens is 1. The number of nitrogens with zero attached hydrogens (tertiary/aromatic N) is 6. The summed E-state index contributed by atoms with van der Waals surface area (Å²) in [5.41, 5.74) is 4.10. The maximum atomic E-state index is 13.0. The summed E-state index contributed by atoms with van der Waals surface area (Å²) in [5.74, 6) is 1.48. The Morgan fingerprint density at radius 1 is 1.11 bits per heavy atom. The zero-order valence-electron chi connectivity index (χ0n) is 19.8. The molecule has 0 spiro atoms. The fraction of sp³-hybridized carbons (Fsp3) is 0.333. The highest BCUT2D eigenvalue weighted by molar-refractivity contribution is 5.94. The van der Waals surface area contributed by atoms with Gasteiger partial charge in [-0.15, -0.1) is 15.3 Å². The van der Waals surface area contributed by atoms with Gasteiger partial charge in [0.15, 0.2) is 0 Å². The number of tetrazole rings is 1. The molecular formula is C27H29N7O. The van der Waals surface area contributed by atoms with Crippen molar-refractivity contribution in [3.63, 3.8) is 0 Å². The standard InChI is InChI=1S/C27H29N7O/c1-2-3-7-19-8-6-9-22(16-19)25(35)27-28-18-34(31-27)17-20-12-14-21(15-13-20)23-10-4-5-11-24(23)26-29-32-33-30-26/h3-5,7,10-15,18-19,22H,2,6,8-9,16-17H2,1H3,(H,29,30,32,33). The molecule has 0 bridgehead atoms. The van der Waals surface area contributed by atoms with Crippen molar-refractivity contribution >= 4 is 5.78 Å². The summed E-state index contributed by atoms with van der Waals surface area (Å²) in [4.78, 5) is 17.4. The van der Waals surface area contributed by atoms with Crippen molar-refractivity contribution in [2.75, 3.05) is 0 Å². The van der Waals surface area contributed by atoms with Gasteiger partial charge in [-0.1, -0.05) is 74.0 Å². The Morgan fingerprint density at radius 3 is 2.71 bits per heavy atom. The van der Waals surface area contributed by atoms with Crippen molar-refractivity contribution in [2.45, 2.75) is 45.6 Å². The van der Waals surface area contributed by atoms with Crippen molar-refractivity contribution in [1.82, 2.24) is 35.4 Å². The third-order valence-corrected chi connectivity index (χ3v) is 6.61. The summed E-state index contributed by atoms with van der Waals surface area (Å²) in [6, 6.07) is 16.3. The Morgan fingerprint density at radius 2 is 1.94 bits per heavy atom. The first-order chi connectivity index (χ1) is 17.2. The smallest absolute Gasteiger partial charge is 0.217 e. The maximum absolute atomic E-state index is 13.0. The summed E-state index contributed by atoms with van der Waals surface area (Å²) in [6.45, 7) is 2.70. The Labute approximate surface area is 204 Å². The van der Waals surface area contributed by atoms with Crippen LogP contribution in [0.4, 0.5) is 0 Å². The van der Waals surface area contributed by atoms with Crippen molar-refractivity contribution in [3.05, 3.63) is 78.4 Å². The number of rotatable bonds is 8. The number of carbonyl (C=O) groups excluding carboxylic acids is 1. The third kappa shape index (κ3) is 5.26. The number of nitrogens with one attached hydrogen (secondary N) is 1. The summed E-state index contributed by atoms with van der Waals surface area (Å²) in [7, 11) is 0. The molecule has 0 aliphatic heterocycles. The quantitative estimate of drug-likeness (QED) is 0.285. The second-order valence-corrected chi connectivity index (χ2v) is 9.07. The van der Waals surface area contributed by atoms with E-state index >= 15 is 0 Å². The summed E-state index contributed by atoms with van der Waals surface area (Å²) in [5, 5.41) is 18.9. The first-order valence-corrected chi connectivity index (χ1v) is 12.2. The lowest BCUT2D eigenvalue weighted by molar-refractivity contribution is 0.0864. The highest BCUT2D eigenvalue weighted by Gasteiger charge is 2.29. The van der Waals surface area contributed by atoms with Gasteiger partial charge in [0.2, 0.25) is 17.4 Å². The number of benzene rings is 2. The number of Topliss-reactive ketones (excluding diaryl/α,β-unsaturated/α-hetero) is 1. The minimum atomic E-state index is 0.0182. The van der Waals surface area contributed by atoms with Gasteiger partial charge in [0.25, 0.3) is 0 Å². The van der Waals surface area contributed by atoms with E-state index in [2.05, 4.69) is 74.0 Å². The first-order valence-electron chi connectivity index (χ1n) is 12.2. The second kappa shape index (κ2) is 10.5. The Hall–Kier alpha value is -3.94. The topological polar surface area (TPSA) is 102 Å². The molecule has 5 rings (SSSR count). The van der Waals surface area contributed by atoms with Crippen molar-refractivity contribution in [1.29, 1.82) is 0 Å². The Kier molecular flexibility index (Phi) is 6.88. The second-order valence-electron chi connectivity index (χ2n) is 9.07. The number of aromatic nitrogens is 7. The van der Waals surface area contributed by atoms with Crippen molar-refractivity contribution < 1.29 is 4.79 Å². The molecule has 0 amide bonds. The van der Waals surface area contributed by atoms with Crippen molar-refractivity contribution in [2.24, 2.45) is 11.8 Å². The zero-order chi connectivity index (χ0) is 24.0. The molecule has 0 radical (unpaired) electrons. The van der Waals surface area contributed by atoms with Crippen LogP contribution in [0.25, 0.3) is 22.5 Å². The molecule has 1 aliphatic carbocycles. The van der Waals surface area contributed by atoms with Crippen LogP contribution in [0.1, 0.15) is 55.2 Å². The predicted molar refractivity (Wildman–Crippen MR) is 133 cm³/mol. The number of aromatic amines is 1. The van der Waals surface area contributed by atoms with Gasteiger partial charge in [-0.05, 0) is 53.5 Å². The van der Waals surface area contributed by atoms with Gasteiger partial charge in [-0.25, -0.2) is 9.67 Å². The Balaban J connectivity index is 1.26. The van der Waals surface area contributed by atoms with Crippen LogP contribution in [0.3, 0.4) is 0 Å². The number of allylic oxidation sites excluding steroid dienone is 2. The van der Waals surface area contributed by atoms with Gasteiger partial charge in [0, 0.05) is 11.5 Å². The van der Waals surface area contributed by atoms with Gasteiger partial charge in [-0.3, -0.25) is 4.79 Å². The Bertz CT molecular complexity index is 1290. The molecule has 35 heavy (non-hydrogen) atoms. The average molecular weight is 468 g/mol. The monoisotopic (exact) mass is 467 g/mol. The first kappa shape index (κ1) is 22.8. The molecule has 4 aromatic rings. The van der Waals surface area contributed by atoms with Crippen LogP contribution in [0.5, 0.6) is 0 Å². The number of carbonyl (C=O) groups is 1. The minimum absolute atomic E-state index is 0.0182. The van der Waals surface area contributed by atoms with Crippen molar-refractivity contribution in [3.8, 4) is 22.5 Å². The highest BCUT2D eigenvalue weighted by atomic mass is 16.1. The van der Waals surface area contributed by atoms with E-state index < -0.39 is 0 Å². The molecule has 8 nitrogen and oxygen atoms in total. The van der Waals surface area contributed by atoms with Crippen LogP contribution in [0, 0.1) is 11.8 Å². The van der Waals surface area contributed by atoms with E-state index in [4.69, 9.17) is 0 Å². The SMILES string of the molecule is CCC=CC1CCCC(C(=O)c2ncn(Cc3ccc(-c4ccccc4-c4nn[nH]n4)cc3)n2)C1. The lowest BCUT2D eigenvalue weighted by Gasteiger charge is -2.25. The molecule has 178 valence electrons. The fourth-order valence-corrected chi connectivity index (χ4v) is 4.82. The van der Waals surface area contributed by atoms with Gasteiger partial charge in [0.1, 0.15) is 6.33 Å². The lowest BCUT2D eigenvalue weighted by atomic mass is 9.79. The van der Waals surface area contributed by atoms with E-state index in [1.807, 2.05) is 24.3 Å². The van der Waals surface area contributed by atoms with Gasteiger partial charge in [-0.2, -0.15) is 5.21 Å². The van der Waals surface area contributed by atoms with E-state index in [1.165, 1.54) is 0 Å². The fourth-order valence-electron chi connectivity index (χ4n) is 4.82. The van der Waals surface area contributed by atoms with Gasteiger partial charge in [0.05, 0.1) is 6.54 Å².